The van der Waals surface area contributed by atoms with Gasteiger partial charge in [-0.3, -0.25) is 0 Å². The molecule has 0 aliphatic heterocycles. The van der Waals surface area contributed by atoms with Crippen LogP contribution in [0.1, 0.15) is 26.3 Å². The van der Waals surface area contributed by atoms with E-state index in [0.29, 0.717) is 5.75 Å². The Bertz CT molecular complexity index is 490. The van der Waals surface area contributed by atoms with Gasteiger partial charge in [0.05, 0.1) is 7.11 Å². The van der Waals surface area contributed by atoms with Crippen molar-refractivity contribution in [3.8, 4) is 5.75 Å². The summed E-state index contributed by atoms with van der Waals surface area (Å²) in [6, 6.07) is 6.17. The highest BCUT2D eigenvalue weighted by Crippen LogP contribution is 2.13. The highest BCUT2D eigenvalue weighted by Gasteiger charge is 2.24. The zero-order chi connectivity index (χ0) is 16.0. The number of carbonyl (C=O) groups is 2. The summed E-state index contributed by atoms with van der Waals surface area (Å²) in [4.78, 5) is 23.1. The molecule has 0 amide bonds. The zero-order valence-corrected chi connectivity index (χ0v) is 12.7. The Morgan fingerprint density at radius 3 is 2.24 bits per heavy atom. The largest absolute Gasteiger partial charge is 0.516 e. The van der Waals surface area contributed by atoms with E-state index in [9.17, 15) is 9.59 Å². The first-order valence-corrected chi connectivity index (χ1v) is 6.54. The van der Waals surface area contributed by atoms with Crippen molar-refractivity contribution in [3.63, 3.8) is 0 Å². The molecular formula is C15H21NO5. The van der Waals surface area contributed by atoms with Gasteiger partial charge in [0.15, 0.2) is 0 Å². The Morgan fingerprint density at radius 2 is 1.76 bits per heavy atom. The molecule has 1 aromatic carbocycles. The Balaban J connectivity index is 2.52. The van der Waals surface area contributed by atoms with Gasteiger partial charge in [-0.2, -0.15) is 0 Å². The van der Waals surface area contributed by atoms with Crippen LogP contribution in [0.3, 0.4) is 0 Å². The number of ether oxygens (including phenoxy) is 3. The standard InChI is InChI=1S/C15H21NO5/c1-15(2,3)21-14(18)20-13(17)12(16)9-10-5-7-11(19-4)8-6-10/h5-8,12H,9,16H2,1-4H3/t12-/m0/s1. The molecule has 6 nitrogen and oxygen atoms in total. The van der Waals surface area contributed by atoms with Crippen molar-refractivity contribution in [1.29, 1.82) is 0 Å². The van der Waals surface area contributed by atoms with Crippen LogP contribution in [-0.2, 0) is 20.7 Å². The van der Waals surface area contributed by atoms with Crippen molar-refractivity contribution in [1.82, 2.24) is 0 Å². The van der Waals surface area contributed by atoms with Crippen LogP contribution in [0.2, 0.25) is 0 Å². The number of benzene rings is 1. The van der Waals surface area contributed by atoms with Crippen LogP contribution in [0.5, 0.6) is 5.75 Å². The smallest absolute Gasteiger partial charge is 0.497 e. The predicted octanol–water partition coefficient (Wildman–Crippen LogP) is 2.04. The van der Waals surface area contributed by atoms with Crippen LogP contribution in [0, 0.1) is 0 Å². The molecule has 1 rings (SSSR count). The minimum atomic E-state index is -1.04. The number of nitrogens with two attached hydrogens (primary N) is 1. The average molecular weight is 295 g/mol. The predicted molar refractivity (Wildman–Crippen MR) is 77.0 cm³/mol. The molecule has 1 aromatic rings. The lowest BCUT2D eigenvalue weighted by Gasteiger charge is -2.19. The molecule has 0 aliphatic rings. The molecule has 0 heterocycles. The fourth-order valence-electron chi connectivity index (χ4n) is 1.53. The van der Waals surface area contributed by atoms with Crippen molar-refractivity contribution in [2.45, 2.75) is 38.8 Å². The second-order valence-electron chi connectivity index (χ2n) is 5.54. The number of rotatable bonds is 4. The van der Waals surface area contributed by atoms with Crippen LogP contribution in [-0.4, -0.2) is 30.9 Å². The van der Waals surface area contributed by atoms with Crippen LogP contribution in [0.4, 0.5) is 4.79 Å². The van der Waals surface area contributed by atoms with Gasteiger partial charge in [-0.1, -0.05) is 12.1 Å². The molecular weight excluding hydrogens is 274 g/mol. The summed E-state index contributed by atoms with van der Waals surface area (Å²) in [5.74, 6) is -0.108. The van der Waals surface area contributed by atoms with Gasteiger partial charge in [-0.25, -0.2) is 9.59 Å². The maximum Gasteiger partial charge on any atom is 0.516 e. The maximum atomic E-state index is 11.7. The van der Waals surface area contributed by atoms with Gasteiger partial charge in [-0.05, 0) is 44.9 Å². The topological polar surface area (TPSA) is 87.9 Å². The average Bonchev–Trinajstić information content (AvgIpc) is 2.37. The maximum absolute atomic E-state index is 11.7. The quantitative estimate of drug-likeness (QED) is 0.675. The van der Waals surface area contributed by atoms with E-state index in [1.807, 2.05) is 0 Å². The summed E-state index contributed by atoms with van der Waals surface area (Å²) in [6.07, 6.45) is -0.788. The van der Waals surface area contributed by atoms with E-state index in [1.165, 1.54) is 0 Å². The third-order valence-corrected chi connectivity index (χ3v) is 2.49. The second-order valence-corrected chi connectivity index (χ2v) is 5.54. The molecule has 0 saturated heterocycles. The van der Waals surface area contributed by atoms with Gasteiger partial charge in [-0.15, -0.1) is 0 Å². The Kier molecular flexibility index (Phi) is 5.72. The van der Waals surface area contributed by atoms with E-state index in [2.05, 4.69) is 4.74 Å². The van der Waals surface area contributed by atoms with Crippen molar-refractivity contribution in [3.05, 3.63) is 29.8 Å². The third-order valence-electron chi connectivity index (χ3n) is 2.49. The van der Waals surface area contributed by atoms with Crippen LogP contribution >= 0.6 is 0 Å². The summed E-state index contributed by atoms with van der Waals surface area (Å²) in [5.41, 5.74) is 5.83. The molecule has 1 atom stereocenters. The summed E-state index contributed by atoms with van der Waals surface area (Å²) in [6.45, 7) is 5.03. The molecule has 21 heavy (non-hydrogen) atoms. The Hall–Kier alpha value is -2.08. The van der Waals surface area contributed by atoms with E-state index in [0.717, 1.165) is 5.56 Å². The van der Waals surface area contributed by atoms with E-state index in [4.69, 9.17) is 15.2 Å². The summed E-state index contributed by atoms with van der Waals surface area (Å²) in [7, 11) is 1.57. The molecule has 0 bridgehead atoms. The minimum Gasteiger partial charge on any atom is -0.497 e. The number of esters is 1. The lowest BCUT2D eigenvalue weighted by atomic mass is 10.1. The monoisotopic (exact) mass is 295 g/mol. The number of carbonyl (C=O) groups excluding carboxylic acids is 2. The summed E-state index contributed by atoms with van der Waals surface area (Å²) < 4.78 is 14.5. The Morgan fingerprint density at radius 1 is 1.19 bits per heavy atom. The van der Waals surface area contributed by atoms with Crippen molar-refractivity contribution < 1.29 is 23.8 Å². The van der Waals surface area contributed by atoms with Gasteiger partial charge in [0, 0.05) is 0 Å². The highest BCUT2D eigenvalue weighted by molar-refractivity contribution is 5.85. The molecule has 6 heteroatoms. The first-order chi connectivity index (χ1) is 9.71. The third kappa shape index (κ3) is 6.27. The zero-order valence-electron chi connectivity index (χ0n) is 12.7. The van der Waals surface area contributed by atoms with Crippen molar-refractivity contribution in [2.24, 2.45) is 5.73 Å². The molecule has 0 spiro atoms. The SMILES string of the molecule is COc1ccc(C[C@H](N)C(=O)OC(=O)OC(C)(C)C)cc1. The normalized spacial score (nSPS) is 12.4. The van der Waals surface area contributed by atoms with Crippen LogP contribution < -0.4 is 10.5 Å². The first kappa shape index (κ1) is 17.0. The van der Waals surface area contributed by atoms with E-state index >= 15 is 0 Å². The van der Waals surface area contributed by atoms with Gasteiger partial charge in [0.1, 0.15) is 17.4 Å². The van der Waals surface area contributed by atoms with Crippen LogP contribution in [0.15, 0.2) is 24.3 Å². The fraction of sp³-hybridized carbons (Fsp3) is 0.467. The molecule has 2 N–H and O–H groups in total. The Labute approximate surface area is 124 Å². The molecule has 0 aromatic heterocycles. The summed E-state index contributed by atoms with van der Waals surface area (Å²) >= 11 is 0. The molecule has 0 saturated carbocycles. The van der Waals surface area contributed by atoms with E-state index in [1.54, 1.807) is 52.1 Å². The number of methoxy groups -OCH3 is 1. The molecule has 0 fully saturated rings. The van der Waals surface area contributed by atoms with Crippen LogP contribution in [0.25, 0.3) is 0 Å². The molecule has 0 aliphatic carbocycles. The number of hydrogen-bond donors (Lipinski definition) is 1. The van der Waals surface area contributed by atoms with Gasteiger partial charge >= 0.3 is 12.1 Å². The van der Waals surface area contributed by atoms with E-state index in [-0.39, 0.29) is 6.42 Å². The van der Waals surface area contributed by atoms with E-state index < -0.39 is 23.8 Å². The summed E-state index contributed by atoms with van der Waals surface area (Å²) in [5, 5.41) is 0. The van der Waals surface area contributed by atoms with Gasteiger partial charge in [0.2, 0.25) is 0 Å². The van der Waals surface area contributed by atoms with Crippen molar-refractivity contribution in [2.75, 3.05) is 7.11 Å². The fourth-order valence-corrected chi connectivity index (χ4v) is 1.53. The minimum absolute atomic E-state index is 0.256. The second kappa shape index (κ2) is 7.08. The molecule has 116 valence electrons. The molecule has 0 unspecified atom stereocenters. The van der Waals surface area contributed by atoms with Crippen molar-refractivity contribution >= 4 is 12.1 Å². The van der Waals surface area contributed by atoms with Gasteiger partial charge in [0.25, 0.3) is 0 Å². The highest BCUT2D eigenvalue weighted by atomic mass is 16.7. The number of hydrogen-bond acceptors (Lipinski definition) is 6. The lowest BCUT2D eigenvalue weighted by Crippen LogP contribution is -2.37. The first-order valence-electron chi connectivity index (χ1n) is 6.54. The van der Waals surface area contributed by atoms with Gasteiger partial charge < -0.3 is 19.9 Å². The lowest BCUT2D eigenvalue weighted by molar-refractivity contribution is -0.142. The molecule has 0 radical (unpaired) electrons.